The molecule has 0 saturated carbocycles. The molecule has 7 nitrogen and oxygen atoms in total. The first-order valence-electron chi connectivity index (χ1n) is 7.83. The molecule has 0 aliphatic carbocycles. The van der Waals surface area contributed by atoms with E-state index in [1.807, 2.05) is 34.9 Å². The van der Waals surface area contributed by atoms with Gasteiger partial charge in [0.2, 0.25) is 5.91 Å². The highest BCUT2D eigenvalue weighted by molar-refractivity contribution is 7.80. The highest BCUT2D eigenvalue weighted by atomic mass is 32.1. The number of nitrogens with two attached hydrogens (primary N) is 1. The van der Waals surface area contributed by atoms with Crippen molar-refractivity contribution in [3.05, 3.63) is 54.4 Å². The number of amides is 1. The van der Waals surface area contributed by atoms with E-state index in [2.05, 4.69) is 10.3 Å². The number of aliphatic carboxylic acids is 1. The zero-order valence-corrected chi connectivity index (χ0v) is 14.5. The van der Waals surface area contributed by atoms with Crippen molar-refractivity contribution < 1.29 is 14.7 Å². The van der Waals surface area contributed by atoms with E-state index in [0.717, 1.165) is 16.8 Å². The normalized spacial score (nSPS) is 10.6. The van der Waals surface area contributed by atoms with Crippen LogP contribution in [0.5, 0.6) is 0 Å². The van der Waals surface area contributed by atoms with Gasteiger partial charge in [0.15, 0.2) is 0 Å². The van der Waals surface area contributed by atoms with Crippen molar-refractivity contribution in [3.63, 3.8) is 0 Å². The zero-order valence-electron chi connectivity index (χ0n) is 13.7. The average Bonchev–Trinajstić information content (AvgIpc) is 3.03. The number of carbonyl (C=O) groups excluding carboxylic acids is 1. The van der Waals surface area contributed by atoms with E-state index in [4.69, 9.17) is 23.1 Å². The molecule has 3 rings (SSSR count). The summed E-state index contributed by atoms with van der Waals surface area (Å²) in [5.74, 6) is -1.35. The van der Waals surface area contributed by atoms with E-state index in [-0.39, 0.29) is 18.7 Å². The van der Waals surface area contributed by atoms with Crippen LogP contribution < -0.4 is 11.1 Å². The fraction of sp³-hybridized carbons (Fsp3) is 0.111. The third-order valence-electron chi connectivity index (χ3n) is 3.78. The van der Waals surface area contributed by atoms with E-state index in [1.165, 1.54) is 0 Å². The van der Waals surface area contributed by atoms with Crippen LogP contribution in [0.2, 0.25) is 0 Å². The van der Waals surface area contributed by atoms with E-state index < -0.39 is 5.97 Å². The number of nitrogens with zero attached hydrogens (tertiary/aromatic N) is 2. The third kappa shape index (κ3) is 4.04. The molecule has 1 aromatic carbocycles. The van der Waals surface area contributed by atoms with Gasteiger partial charge in [0.05, 0.1) is 12.1 Å². The molecule has 0 radical (unpaired) electrons. The summed E-state index contributed by atoms with van der Waals surface area (Å²) in [7, 11) is 0. The second-order valence-corrected chi connectivity index (χ2v) is 6.13. The molecule has 3 aromatic rings. The monoisotopic (exact) mass is 368 g/mol. The van der Waals surface area contributed by atoms with Crippen LogP contribution in [-0.4, -0.2) is 31.4 Å². The summed E-state index contributed by atoms with van der Waals surface area (Å²) < 4.78 is 1.84. The van der Waals surface area contributed by atoms with E-state index in [9.17, 15) is 9.59 Å². The van der Waals surface area contributed by atoms with Gasteiger partial charge in [0, 0.05) is 41.7 Å². The molecule has 2 heterocycles. The number of imidazole rings is 1. The molecular weight excluding hydrogens is 352 g/mol. The van der Waals surface area contributed by atoms with Crippen molar-refractivity contribution in [3.8, 4) is 11.3 Å². The first kappa shape index (κ1) is 17.6. The Balaban J connectivity index is 1.79. The molecule has 2 aromatic heterocycles. The Labute approximate surface area is 154 Å². The molecule has 0 saturated heterocycles. The lowest BCUT2D eigenvalue weighted by Gasteiger charge is -2.04. The number of pyridine rings is 1. The van der Waals surface area contributed by atoms with Gasteiger partial charge < -0.3 is 20.6 Å². The number of rotatable bonds is 6. The summed E-state index contributed by atoms with van der Waals surface area (Å²) in [5, 5.41) is 11.3. The summed E-state index contributed by atoms with van der Waals surface area (Å²) in [6, 6.07) is 10.9. The molecule has 0 fully saturated rings. The van der Waals surface area contributed by atoms with E-state index >= 15 is 0 Å². The van der Waals surface area contributed by atoms with Gasteiger partial charge in [-0.05, 0) is 6.07 Å². The Morgan fingerprint density at radius 2 is 1.92 bits per heavy atom. The molecule has 0 aliphatic heterocycles. The quantitative estimate of drug-likeness (QED) is 0.577. The lowest BCUT2D eigenvalue weighted by molar-refractivity contribution is -0.138. The standard InChI is InChI=1S/C18H16N4O3S/c19-18(26)12-3-1-11(2-4-12)14-10-22-8-7-13(9-15(22)21-14)20-16(23)5-6-17(24)25/h1-4,7-10H,5-6H2,(H2,19,26)(H,20,23)(H,24,25). The van der Waals surface area contributed by atoms with Gasteiger partial charge in [0.1, 0.15) is 10.6 Å². The number of aromatic nitrogens is 2. The van der Waals surface area contributed by atoms with Gasteiger partial charge in [-0.25, -0.2) is 4.98 Å². The zero-order chi connectivity index (χ0) is 18.7. The summed E-state index contributed by atoms with van der Waals surface area (Å²) in [5.41, 5.74) is 9.31. The van der Waals surface area contributed by atoms with Crippen LogP contribution in [0.15, 0.2) is 48.8 Å². The molecule has 26 heavy (non-hydrogen) atoms. The van der Waals surface area contributed by atoms with Gasteiger partial charge >= 0.3 is 5.97 Å². The van der Waals surface area contributed by atoms with Gasteiger partial charge in [-0.15, -0.1) is 0 Å². The fourth-order valence-corrected chi connectivity index (χ4v) is 2.58. The summed E-state index contributed by atoms with van der Waals surface area (Å²) >= 11 is 4.95. The molecule has 1 amide bonds. The first-order chi connectivity index (χ1) is 12.4. The highest BCUT2D eigenvalue weighted by Gasteiger charge is 2.09. The van der Waals surface area contributed by atoms with Crippen LogP contribution in [0.4, 0.5) is 5.69 Å². The van der Waals surface area contributed by atoms with Crippen LogP contribution >= 0.6 is 12.2 Å². The molecule has 0 unspecified atom stereocenters. The predicted molar refractivity (Wildman–Crippen MR) is 102 cm³/mol. The second kappa shape index (κ2) is 7.32. The lowest BCUT2D eigenvalue weighted by atomic mass is 10.1. The van der Waals surface area contributed by atoms with Crippen LogP contribution in [0.1, 0.15) is 18.4 Å². The van der Waals surface area contributed by atoms with E-state index in [0.29, 0.717) is 16.3 Å². The molecule has 0 spiro atoms. The van der Waals surface area contributed by atoms with Gasteiger partial charge in [-0.3, -0.25) is 9.59 Å². The number of carboxylic acids is 1. The number of fused-ring (bicyclic) bond motifs is 1. The van der Waals surface area contributed by atoms with E-state index in [1.54, 1.807) is 18.3 Å². The number of anilines is 1. The smallest absolute Gasteiger partial charge is 0.303 e. The molecule has 132 valence electrons. The first-order valence-corrected chi connectivity index (χ1v) is 8.24. The maximum Gasteiger partial charge on any atom is 0.303 e. The van der Waals surface area contributed by atoms with Crippen LogP contribution in [0.3, 0.4) is 0 Å². The Hall–Kier alpha value is -3.26. The number of nitrogens with one attached hydrogen (secondary N) is 1. The Morgan fingerprint density at radius 1 is 1.19 bits per heavy atom. The van der Waals surface area contributed by atoms with Crippen molar-refractivity contribution in [2.75, 3.05) is 5.32 Å². The SMILES string of the molecule is NC(=S)c1ccc(-c2cn3ccc(NC(=O)CCC(=O)O)cc3n2)cc1. The maximum atomic E-state index is 11.7. The van der Waals surface area contributed by atoms with Crippen LogP contribution in [0, 0.1) is 0 Å². The fourth-order valence-electron chi connectivity index (χ4n) is 2.45. The molecular formula is C18H16N4O3S. The average molecular weight is 368 g/mol. The molecule has 0 atom stereocenters. The van der Waals surface area contributed by atoms with Crippen LogP contribution in [0.25, 0.3) is 16.9 Å². The second-order valence-electron chi connectivity index (χ2n) is 5.69. The van der Waals surface area contributed by atoms with Crippen molar-refractivity contribution in [1.29, 1.82) is 0 Å². The predicted octanol–water partition coefficient (Wildman–Crippen LogP) is 2.44. The van der Waals surface area contributed by atoms with Crippen molar-refractivity contribution >= 4 is 40.4 Å². The largest absolute Gasteiger partial charge is 0.481 e. The lowest BCUT2D eigenvalue weighted by Crippen LogP contribution is -2.13. The van der Waals surface area contributed by atoms with Gasteiger partial charge in [-0.2, -0.15) is 0 Å². The van der Waals surface area contributed by atoms with Gasteiger partial charge in [-0.1, -0.05) is 36.5 Å². The van der Waals surface area contributed by atoms with Gasteiger partial charge in [0.25, 0.3) is 0 Å². The van der Waals surface area contributed by atoms with Crippen molar-refractivity contribution in [2.45, 2.75) is 12.8 Å². The minimum absolute atomic E-state index is 0.0739. The minimum Gasteiger partial charge on any atom is -0.481 e. The number of hydrogen-bond donors (Lipinski definition) is 3. The number of carboxylic acid groups (broad SMARTS) is 1. The Kier molecular flexibility index (Phi) is 4.94. The highest BCUT2D eigenvalue weighted by Crippen LogP contribution is 2.21. The Bertz CT molecular complexity index is 995. The molecule has 8 heteroatoms. The third-order valence-corrected chi connectivity index (χ3v) is 4.01. The topological polar surface area (TPSA) is 110 Å². The summed E-state index contributed by atoms with van der Waals surface area (Å²) in [4.78, 5) is 27.2. The number of hydrogen-bond acceptors (Lipinski definition) is 4. The minimum atomic E-state index is -1.00. The summed E-state index contributed by atoms with van der Waals surface area (Å²) in [6.07, 6.45) is 3.38. The maximum absolute atomic E-state index is 11.7. The van der Waals surface area contributed by atoms with Crippen molar-refractivity contribution in [1.82, 2.24) is 9.38 Å². The Morgan fingerprint density at radius 3 is 2.58 bits per heavy atom. The van der Waals surface area contributed by atoms with Crippen LogP contribution in [-0.2, 0) is 9.59 Å². The molecule has 0 aliphatic rings. The number of thiocarbonyl (C=S) groups is 1. The summed E-state index contributed by atoms with van der Waals surface area (Å²) in [6.45, 7) is 0. The number of benzene rings is 1. The molecule has 0 bridgehead atoms. The molecule has 4 N–H and O–H groups in total. The number of carbonyl (C=O) groups is 2. The van der Waals surface area contributed by atoms with Crippen molar-refractivity contribution in [2.24, 2.45) is 5.73 Å².